The summed E-state index contributed by atoms with van der Waals surface area (Å²) in [6.07, 6.45) is 6.17. The maximum atomic E-state index is 13.1. The maximum absolute atomic E-state index is 13.1. The van der Waals surface area contributed by atoms with Gasteiger partial charge in [-0.2, -0.15) is 0 Å². The van der Waals surface area contributed by atoms with Crippen molar-refractivity contribution < 1.29 is 13.9 Å². The first-order valence-electron chi connectivity index (χ1n) is 8.31. The fourth-order valence-electron chi connectivity index (χ4n) is 2.63. The second kappa shape index (κ2) is 8.06. The normalized spacial score (nSPS) is 22.4. The number of allylic oxidation sites excluding steroid dienone is 2. The molecule has 5 nitrogen and oxygen atoms in total. The molecule has 3 aliphatic rings. The highest BCUT2D eigenvalue weighted by molar-refractivity contribution is 8.03. The van der Waals surface area contributed by atoms with E-state index in [4.69, 9.17) is 4.74 Å². The summed E-state index contributed by atoms with van der Waals surface area (Å²) in [4.78, 5) is 16.2. The molecular weight excluding hydrogens is 317 g/mol. The topological polar surface area (TPSA) is 44.8 Å². The predicted octanol–water partition coefficient (Wildman–Crippen LogP) is 2.32. The van der Waals surface area contributed by atoms with Crippen LogP contribution in [0.15, 0.2) is 23.1 Å². The molecule has 23 heavy (non-hydrogen) atoms. The number of carbonyl (C=O) groups is 1. The van der Waals surface area contributed by atoms with Crippen molar-refractivity contribution >= 4 is 17.8 Å². The van der Waals surface area contributed by atoms with Gasteiger partial charge < -0.3 is 15.0 Å². The summed E-state index contributed by atoms with van der Waals surface area (Å²) in [6.45, 7) is 4.95. The largest absolute Gasteiger partial charge is 0.487 e. The highest BCUT2D eigenvalue weighted by Gasteiger charge is 2.27. The molecule has 2 amide bonds. The van der Waals surface area contributed by atoms with Crippen LogP contribution >= 0.6 is 11.8 Å². The van der Waals surface area contributed by atoms with Crippen LogP contribution in [0.1, 0.15) is 19.3 Å². The average molecular weight is 341 g/mol. The Balaban J connectivity index is 1.27. The van der Waals surface area contributed by atoms with Crippen molar-refractivity contribution in [3.05, 3.63) is 23.1 Å². The van der Waals surface area contributed by atoms with Crippen LogP contribution in [-0.2, 0) is 4.74 Å². The number of urea groups is 1. The van der Waals surface area contributed by atoms with Gasteiger partial charge in [0.05, 0.1) is 6.61 Å². The van der Waals surface area contributed by atoms with Gasteiger partial charge in [-0.3, -0.25) is 4.90 Å². The van der Waals surface area contributed by atoms with Crippen molar-refractivity contribution in [1.82, 2.24) is 15.1 Å². The first-order chi connectivity index (χ1) is 11.2. The molecular formula is C16H24FN3O2S. The molecule has 2 aliphatic heterocycles. The fourth-order valence-corrected chi connectivity index (χ4v) is 3.40. The number of amides is 2. The first kappa shape index (κ1) is 16.6. The molecule has 0 aromatic carbocycles. The van der Waals surface area contributed by atoms with Crippen molar-refractivity contribution in [2.24, 2.45) is 0 Å². The summed E-state index contributed by atoms with van der Waals surface area (Å²) in [5.41, 5.74) is 0. The number of rotatable bonds is 6. The maximum Gasteiger partial charge on any atom is 0.317 e. The molecule has 2 heterocycles. The van der Waals surface area contributed by atoms with Crippen LogP contribution in [0.3, 0.4) is 0 Å². The number of ether oxygens (including phenoxy) is 1. The van der Waals surface area contributed by atoms with E-state index in [1.54, 1.807) is 6.08 Å². The van der Waals surface area contributed by atoms with Gasteiger partial charge >= 0.3 is 6.03 Å². The van der Waals surface area contributed by atoms with E-state index in [-0.39, 0.29) is 11.9 Å². The Morgan fingerprint density at radius 3 is 2.83 bits per heavy atom. The third-order valence-electron chi connectivity index (χ3n) is 4.19. The van der Waals surface area contributed by atoms with E-state index in [1.807, 2.05) is 4.90 Å². The van der Waals surface area contributed by atoms with E-state index in [0.717, 1.165) is 52.0 Å². The lowest BCUT2D eigenvalue weighted by Crippen LogP contribution is -2.52. The Morgan fingerprint density at radius 1 is 1.35 bits per heavy atom. The zero-order valence-corrected chi connectivity index (χ0v) is 14.1. The van der Waals surface area contributed by atoms with Crippen LogP contribution in [0, 0.1) is 0 Å². The van der Waals surface area contributed by atoms with Gasteiger partial charge in [0.1, 0.15) is 5.83 Å². The molecule has 0 spiro atoms. The van der Waals surface area contributed by atoms with E-state index in [0.29, 0.717) is 23.5 Å². The summed E-state index contributed by atoms with van der Waals surface area (Å²) in [6, 6.07) is 0.510. The Morgan fingerprint density at radius 2 is 2.13 bits per heavy atom. The molecule has 0 bridgehead atoms. The predicted molar refractivity (Wildman–Crippen MR) is 89.9 cm³/mol. The van der Waals surface area contributed by atoms with Crippen molar-refractivity contribution in [3.8, 4) is 0 Å². The van der Waals surface area contributed by atoms with E-state index in [2.05, 4.69) is 10.2 Å². The van der Waals surface area contributed by atoms with Gasteiger partial charge in [-0.25, -0.2) is 9.18 Å². The molecule has 0 radical (unpaired) electrons. The highest BCUT2D eigenvalue weighted by atomic mass is 32.2. The number of nitrogens with zero attached hydrogens (tertiary/aromatic N) is 2. The van der Waals surface area contributed by atoms with Crippen molar-refractivity contribution in [1.29, 1.82) is 0 Å². The molecule has 3 rings (SSSR count). The molecule has 0 unspecified atom stereocenters. The minimum Gasteiger partial charge on any atom is -0.487 e. The van der Waals surface area contributed by atoms with Gasteiger partial charge in [0.15, 0.2) is 5.09 Å². The van der Waals surface area contributed by atoms with Crippen LogP contribution in [0.2, 0.25) is 0 Å². The van der Waals surface area contributed by atoms with Crippen molar-refractivity contribution in [2.45, 2.75) is 25.3 Å². The zero-order chi connectivity index (χ0) is 16.1. The van der Waals surface area contributed by atoms with Gasteiger partial charge in [-0.05, 0) is 25.3 Å². The number of hydrogen-bond donors (Lipinski definition) is 1. The Hall–Kier alpha value is -1.21. The number of hydrogen-bond acceptors (Lipinski definition) is 4. The van der Waals surface area contributed by atoms with Crippen LogP contribution in [0.25, 0.3) is 0 Å². The van der Waals surface area contributed by atoms with Crippen LogP contribution < -0.4 is 5.32 Å². The Bertz CT molecular complexity index is 486. The lowest BCUT2D eigenvalue weighted by atomic mass is 10.3. The van der Waals surface area contributed by atoms with Crippen LogP contribution in [0.4, 0.5) is 9.18 Å². The lowest BCUT2D eigenvalue weighted by molar-refractivity contribution is 0.129. The lowest BCUT2D eigenvalue weighted by Gasteiger charge is -2.34. The van der Waals surface area contributed by atoms with Gasteiger partial charge in [0, 0.05) is 50.6 Å². The third kappa shape index (κ3) is 5.42. The molecule has 1 saturated heterocycles. The molecule has 0 aromatic rings. The van der Waals surface area contributed by atoms with Crippen LogP contribution in [0.5, 0.6) is 0 Å². The zero-order valence-electron chi connectivity index (χ0n) is 13.3. The SMILES string of the molecule is O=C(NC1CC1)N1CCN(CCCOC2=CC(F)=CCS2)CC1. The van der Waals surface area contributed by atoms with E-state index < -0.39 is 0 Å². The van der Waals surface area contributed by atoms with Gasteiger partial charge in [-0.1, -0.05) is 11.8 Å². The molecule has 2 fully saturated rings. The molecule has 0 atom stereocenters. The molecule has 1 saturated carbocycles. The summed E-state index contributed by atoms with van der Waals surface area (Å²) in [5.74, 6) is 0.432. The second-order valence-corrected chi connectivity index (χ2v) is 7.14. The van der Waals surface area contributed by atoms with Crippen LogP contribution in [-0.4, -0.2) is 67.0 Å². The molecule has 1 N–H and O–H groups in total. The summed E-state index contributed by atoms with van der Waals surface area (Å²) in [7, 11) is 0. The van der Waals surface area contributed by atoms with Gasteiger partial charge in [-0.15, -0.1) is 0 Å². The Kier molecular flexibility index (Phi) is 5.83. The fraction of sp³-hybridized carbons (Fsp3) is 0.688. The van der Waals surface area contributed by atoms with E-state index in [9.17, 15) is 9.18 Å². The number of carbonyl (C=O) groups excluding carboxylic acids is 1. The Labute approximate surface area is 140 Å². The number of piperazine rings is 1. The summed E-state index contributed by atoms with van der Waals surface area (Å²) in [5, 5.41) is 3.71. The molecule has 7 heteroatoms. The van der Waals surface area contributed by atoms with E-state index in [1.165, 1.54) is 17.8 Å². The number of halogens is 1. The second-order valence-electron chi connectivity index (χ2n) is 6.12. The average Bonchev–Trinajstić information content (AvgIpc) is 3.36. The number of thioether (sulfide) groups is 1. The van der Waals surface area contributed by atoms with Crippen molar-refractivity contribution in [3.63, 3.8) is 0 Å². The minimum atomic E-state index is -0.209. The minimum absolute atomic E-state index is 0.0897. The van der Waals surface area contributed by atoms with Gasteiger partial charge in [0.2, 0.25) is 0 Å². The summed E-state index contributed by atoms with van der Waals surface area (Å²) >= 11 is 1.52. The molecule has 0 aromatic heterocycles. The summed E-state index contributed by atoms with van der Waals surface area (Å²) < 4.78 is 18.7. The smallest absolute Gasteiger partial charge is 0.317 e. The van der Waals surface area contributed by atoms with Crippen molar-refractivity contribution in [2.75, 3.05) is 45.1 Å². The first-order valence-corrected chi connectivity index (χ1v) is 9.30. The number of nitrogens with one attached hydrogen (secondary N) is 1. The quantitative estimate of drug-likeness (QED) is 0.753. The molecule has 1 aliphatic carbocycles. The standard InChI is InChI=1S/C16H24FN3O2S/c17-13-4-11-23-15(12-13)22-10-1-5-19-6-8-20(9-7-19)16(21)18-14-2-3-14/h4,12,14H,1-3,5-11H2,(H,18,21). The highest BCUT2D eigenvalue weighted by Crippen LogP contribution is 2.25. The monoisotopic (exact) mass is 341 g/mol. The molecule has 128 valence electrons. The van der Waals surface area contributed by atoms with Gasteiger partial charge in [0.25, 0.3) is 0 Å². The van der Waals surface area contributed by atoms with E-state index >= 15 is 0 Å². The third-order valence-corrected chi connectivity index (χ3v) is 5.04.